The smallest absolute Gasteiger partial charge is 0.410 e. The SMILES string of the molecule is CC(C)(C)OC(=O)N1CC(CC(=O)O)(NCc2ccco2)C1. The molecule has 1 saturated heterocycles. The number of carbonyl (C=O) groups is 2. The van der Waals surface area contributed by atoms with Crippen LogP contribution in [-0.2, 0) is 16.1 Å². The van der Waals surface area contributed by atoms with E-state index in [1.54, 1.807) is 33.1 Å². The second-order valence-corrected chi connectivity index (χ2v) is 6.62. The maximum Gasteiger partial charge on any atom is 0.410 e. The summed E-state index contributed by atoms with van der Waals surface area (Å²) in [5.74, 6) is -0.184. The largest absolute Gasteiger partial charge is 0.481 e. The highest BCUT2D eigenvalue weighted by Crippen LogP contribution is 2.27. The molecule has 122 valence electrons. The molecule has 7 nitrogen and oxygen atoms in total. The van der Waals surface area contributed by atoms with Gasteiger partial charge in [0, 0.05) is 13.1 Å². The van der Waals surface area contributed by atoms with Crippen LogP contribution in [0.1, 0.15) is 33.0 Å². The number of ether oxygens (including phenoxy) is 1. The van der Waals surface area contributed by atoms with E-state index in [-0.39, 0.29) is 6.42 Å². The van der Waals surface area contributed by atoms with Crippen LogP contribution in [0.3, 0.4) is 0 Å². The van der Waals surface area contributed by atoms with Gasteiger partial charge in [0.05, 0.1) is 24.8 Å². The van der Waals surface area contributed by atoms with Crippen molar-refractivity contribution in [1.82, 2.24) is 10.2 Å². The van der Waals surface area contributed by atoms with E-state index in [0.29, 0.717) is 19.6 Å². The number of hydrogen-bond acceptors (Lipinski definition) is 5. The zero-order valence-electron chi connectivity index (χ0n) is 13.1. The Morgan fingerprint density at radius 2 is 2.14 bits per heavy atom. The zero-order chi connectivity index (χ0) is 16.4. The molecule has 0 unspecified atom stereocenters. The van der Waals surface area contributed by atoms with Crippen LogP contribution >= 0.6 is 0 Å². The van der Waals surface area contributed by atoms with Gasteiger partial charge in [-0.1, -0.05) is 0 Å². The van der Waals surface area contributed by atoms with Gasteiger partial charge in [-0.3, -0.25) is 4.79 Å². The molecular weight excluding hydrogens is 288 g/mol. The molecule has 2 N–H and O–H groups in total. The molecule has 22 heavy (non-hydrogen) atoms. The highest BCUT2D eigenvalue weighted by atomic mass is 16.6. The van der Waals surface area contributed by atoms with E-state index >= 15 is 0 Å². The molecule has 1 aromatic heterocycles. The quantitative estimate of drug-likeness (QED) is 0.862. The molecule has 0 spiro atoms. The summed E-state index contributed by atoms with van der Waals surface area (Å²) < 4.78 is 10.5. The van der Waals surface area contributed by atoms with Crippen LogP contribution in [0.5, 0.6) is 0 Å². The molecule has 0 radical (unpaired) electrons. The molecule has 0 aliphatic carbocycles. The third-order valence-electron chi connectivity index (χ3n) is 3.35. The van der Waals surface area contributed by atoms with Crippen LogP contribution in [0.4, 0.5) is 4.79 Å². The van der Waals surface area contributed by atoms with E-state index in [9.17, 15) is 9.59 Å². The van der Waals surface area contributed by atoms with Crippen molar-refractivity contribution in [3.63, 3.8) is 0 Å². The summed E-state index contributed by atoms with van der Waals surface area (Å²) in [5, 5.41) is 12.3. The molecular formula is C15H22N2O5. The van der Waals surface area contributed by atoms with Gasteiger partial charge >= 0.3 is 12.1 Å². The summed E-state index contributed by atoms with van der Waals surface area (Å²) in [5.41, 5.74) is -1.21. The number of nitrogens with one attached hydrogen (secondary N) is 1. The number of likely N-dealkylation sites (tertiary alicyclic amines) is 1. The third kappa shape index (κ3) is 4.24. The first kappa shape index (κ1) is 16.4. The zero-order valence-corrected chi connectivity index (χ0v) is 13.1. The summed E-state index contributed by atoms with van der Waals surface area (Å²) in [4.78, 5) is 24.5. The van der Waals surface area contributed by atoms with Crippen molar-refractivity contribution < 1.29 is 23.8 Å². The number of furan rings is 1. The van der Waals surface area contributed by atoms with E-state index in [1.807, 2.05) is 6.07 Å². The van der Waals surface area contributed by atoms with E-state index in [0.717, 1.165) is 5.76 Å². The topological polar surface area (TPSA) is 92.0 Å². The van der Waals surface area contributed by atoms with Gasteiger partial charge in [-0.05, 0) is 32.9 Å². The van der Waals surface area contributed by atoms with Crippen molar-refractivity contribution in [2.45, 2.75) is 44.9 Å². The van der Waals surface area contributed by atoms with E-state index in [2.05, 4.69) is 5.32 Å². The van der Waals surface area contributed by atoms with Crippen molar-refractivity contribution in [3.05, 3.63) is 24.2 Å². The molecule has 2 heterocycles. The Hall–Kier alpha value is -2.02. The van der Waals surface area contributed by atoms with Crippen LogP contribution in [0.25, 0.3) is 0 Å². The lowest BCUT2D eigenvalue weighted by Crippen LogP contribution is -2.71. The van der Waals surface area contributed by atoms with Gasteiger partial charge in [0.2, 0.25) is 0 Å². The van der Waals surface area contributed by atoms with Crippen LogP contribution in [-0.4, -0.2) is 46.3 Å². The molecule has 7 heteroatoms. The van der Waals surface area contributed by atoms with Crippen LogP contribution in [0.15, 0.2) is 22.8 Å². The minimum Gasteiger partial charge on any atom is -0.481 e. The maximum atomic E-state index is 12.0. The lowest BCUT2D eigenvalue weighted by molar-refractivity contribution is -0.141. The predicted molar refractivity (Wildman–Crippen MR) is 78.3 cm³/mol. The molecule has 1 aliphatic rings. The van der Waals surface area contributed by atoms with E-state index < -0.39 is 23.2 Å². The molecule has 0 saturated carbocycles. The number of carboxylic acid groups (broad SMARTS) is 1. The lowest BCUT2D eigenvalue weighted by atomic mass is 9.86. The fraction of sp³-hybridized carbons (Fsp3) is 0.600. The number of amides is 1. The second-order valence-electron chi connectivity index (χ2n) is 6.62. The Kier molecular flexibility index (Phi) is 4.46. The second kappa shape index (κ2) is 6.00. The van der Waals surface area contributed by atoms with Crippen molar-refractivity contribution in [2.24, 2.45) is 0 Å². The first-order chi connectivity index (χ1) is 10.2. The van der Waals surface area contributed by atoms with Gasteiger partial charge in [-0.25, -0.2) is 4.79 Å². The molecule has 1 aromatic rings. The Balaban J connectivity index is 1.93. The number of rotatable bonds is 5. The van der Waals surface area contributed by atoms with Gasteiger partial charge in [0.1, 0.15) is 11.4 Å². The lowest BCUT2D eigenvalue weighted by Gasteiger charge is -2.49. The number of carbonyl (C=O) groups excluding carboxylic acids is 1. The summed E-state index contributed by atoms with van der Waals surface area (Å²) in [6.07, 6.45) is 1.08. The Labute approximate surface area is 129 Å². The number of carboxylic acids is 1. The molecule has 0 atom stereocenters. The van der Waals surface area contributed by atoms with E-state index in [1.165, 1.54) is 4.90 Å². The normalized spacial score (nSPS) is 17.0. The minimum atomic E-state index is -0.907. The minimum absolute atomic E-state index is 0.0625. The van der Waals surface area contributed by atoms with Crippen molar-refractivity contribution in [1.29, 1.82) is 0 Å². The van der Waals surface area contributed by atoms with Gasteiger partial charge in [0.15, 0.2) is 0 Å². The Morgan fingerprint density at radius 3 is 2.64 bits per heavy atom. The summed E-state index contributed by atoms with van der Waals surface area (Å²) in [6, 6.07) is 3.58. The van der Waals surface area contributed by atoms with Gasteiger partial charge in [-0.15, -0.1) is 0 Å². The van der Waals surface area contributed by atoms with Crippen molar-refractivity contribution in [2.75, 3.05) is 13.1 Å². The Bertz CT molecular complexity index is 527. The number of hydrogen-bond donors (Lipinski definition) is 2. The number of nitrogens with zero attached hydrogens (tertiary/aromatic N) is 1. The highest BCUT2D eigenvalue weighted by Gasteiger charge is 2.47. The average molecular weight is 310 g/mol. The maximum absolute atomic E-state index is 12.0. The van der Waals surface area contributed by atoms with Gasteiger partial charge in [-0.2, -0.15) is 0 Å². The highest BCUT2D eigenvalue weighted by molar-refractivity contribution is 5.73. The summed E-state index contributed by atoms with van der Waals surface area (Å²) in [6.45, 7) is 6.41. The standard InChI is InChI=1S/C15H22N2O5/c1-14(2,3)22-13(20)17-9-15(10-17,7-12(18)19)16-8-11-5-4-6-21-11/h4-6,16H,7-10H2,1-3H3,(H,18,19). The fourth-order valence-corrected chi connectivity index (χ4v) is 2.40. The number of aliphatic carboxylic acids is 1. The Morgan fingerprint density at radius 1 is 1.45 bits per heavy atom. The fourth-order valence-electron chi connectivity index (χ4n) is 2.40. The molecule has 1 amide bonds. The first-order valence-corrected chi connectivity index (χ1v) is 7.16. The van der Waals surface area contributed by atoms with Crippen LogP contribution in [0.2, 0.25) is 0 Å². The first-order valence-electron chi connectivity index (χ1n) is 7.16. The van der Waals surface area contributed by atoms with Crippen molar-refractivity contribution in [3.8, 4) is 0 Å². The van der Waals surface area contributed by atoms with Crippen LogP contribution < -0.4 is 5.32 Å². The van der Waals surface area contributed by atoms with Gasteiger partial charge < -0.3 is 24.5 Å². The predicted octanol–water partition coefficient (Wildman–Crippen LogP) is 1.83. The molecule has 2 rings (SSSR count). The summed E-state index contributed by atoms with van der Waals surface area (Å²) >= 11 is 0. The average Bonchev–Trinajstić information content (AvgIpc) is 2.81. The molecule has 0 bridgehead atoms. The molecule has 1 fully saturated rings. The van der Waals surface area contributed by atoms with E-state index in [4.69, 9.17) is 14.3 Å². The third-order valence-corrected chi connectivity index (χ3v) is 3.35. The summed E-state index contributed by atoms with van der Waals surface area (Å²) in [7, 11) is 0. The monoisotopic (exact) mass is 310 g/mol. The molecule has 1 aliphatic heterocycles. The van der Waals surface area contributed by atoms with Crippen molar-refractivity contribution >= 4 is 12.1 Å². The molecule has 0 aromatic carbocycles. The van der Waals surface area contributed by atoms with Gasteiger partial charge in [0.25, 0.3) is 0 Å². The van der Waals surface area contributed by atoms with Crippen LogP contribution in [0, 0.1) is 0 Å².